The average Bonchev–Trinajstić information content (AvgIpc) is 3.21. The van der Waals surface area contributed by atoms with E-state index in [1.165, 1.54) is 0 Å². The van der Waals surface area contributed by atoms with Crippen molar-refractivity contribution in [3.05, 3.63) is 12.2 Å². The molecule has 2 fully saturated rings. The van der Waals surface area contributed by atoms with Gasteiger partial charge in [-0.3, -0.25) is 9.59 Å². The van der Waals surface area contributed by atoms with Crippen LogP contribution in [0.5, 0.6) is 0 Å². The summed E-state index contributed by atoms with van der Waals surface area (Å²) in [5, 5.41) is 10.5. The van der Waals surface area contributed by atoms with E-state index in [9.17, 15) is 14.7 Å². The zero-order chi connectivity index (χ0) is 21.2. The monoisotopic (exact) mass is 407 g/mol. The summed E-state index contributed by atoms with van der Waals surface area (Å²) in [5.74, 6) is 2.00. The number of carbonyl (C=O) groups excluding carboxylic acids is 2. The highest BCUT2D eigenvalue weighted by molar-refractivity contribution is 5.89. The molecule has 1 amide bonds. The Labute approximate surface area is 176 Å². The van der Waals surface area contributed by atoms with E-state index in [2.05, 4.69) is 6.92 Å². The van der Waals surface area contributed by atoms with E-state index in [4.69, 9.17) is 4.74 Å². The molecule has 0 spiro atoms. The number of allylic oxidation sites excluding steroid dienone is 1. The summed E-state index contributed by atoms with van der Waals surface area (Å²) < 4.78 is 5.64. The normalized spacial score (nSPS) is 28.8. The van der Waals surface area contributed by atoms with Gasteiger partial charge in [0.15, 0.2) is 5.78 Å². The number of fused-ring (bicyclic) bond motifs is 1. The van der Waals surface area contributed by atoms with Crippen LogP contribution in [0.2, 0.25) is 0 Å². The summed E-state index contributed by atoms with van der Waals surface area (Å²) in [6, 6.07) is 0. The smallest absolute Gasteiger partial charge is 0.248 e. The van der Waals surface area contributed by atoms with Gasteiger partial charge < -0.3 is 14.7 Å². The van der Waals surface area contributed by atoms with E-state index in [0.29, 0.717) is 30.8 Å². The number of nitrogens with zero attached hydrogens (tertiary/aromatic N) is 1. The maximum atomic E-state index is 12.0. The van der Waals surface area contributed by atoms with Crippen LogP contribution in [0.3, 0.4) is 0 Å². The lowest BCUT2D eigenvalue weighted by molar-refractivity contribution is -0.135. The molecule has 2 aliphatic carbocycles. The van der Waals surface area contributed by atoms with Crippen molar-refractivity contribution in [3.8, 4) is 0 Å². The molecule has 166 valence electrons. The van der Waals surface area contributed by atoms with Crippen LogP contribution in [-0.4, -0.2) is 54.1 Å². The van der Waals surface area contributed by atoms with Crippen molar-refractivity contribution in [2.24, 2.45) is 23.7 Å². The molecule has 5 nitrogen and oxygen atoms in total. The number of unbranched alkanes of at least 4 members (excludes halogenated alkanes) is 2. The van der Waals surface area contributed by atoms with Crippen molar-refractivity contribution in [3.63, 3.8) is 0 Å². The van der Waals surface area contributed by atoms with Crippen molar-refractivity contribution in [1.82, 2.24) is 4.90 Å². The third-order valence-corrected chi connectivity index (χ3v) is 6.87. The molecule has 2 saturated carbocycles. The van der Waals surface area contributed by atoms with Gasteiger partial charge in [-0.15, -0.1) is 0 Å². The van der Waals surface area contributed by atoms with Gasteiger partial charge in [-0.1, -0.05) is 25.8 Å². The van der Waals surface area contributed by atoms with Gasteiger partial charge in [-0.2, -0.15) is 0 Å². The molecule has 29 heavy (non-hydrogen) atoms. The zero-order valence-corrected chi connectivity index (χ0v) is 18.6. The minimum atomic E-state index is -0.311. The Morgan fingerprint density at radius 1 is 1.10 bits per heavy atom. The number of ether oxygens (including phenoxy) is 1. The standard InChI is InChI=1S/C24H41NO4/c1-4-7-8-9-20(26)10-11-21-22-15-18(14-19(22)16-23(21)27)12-13-29-17-24(28)25(5-2)6-3/h10-11,18-19,21-23,27H,4-9,12-17H2,1-3H3/t18?,19-,21+,22+,23+/m0/s1. The first kappa shape index (κ1) is 24.1. The maximum Gasteiger partial charge on any atom is 0.248 e. The Balaban J connectivity index is 1.72. The highest BCUT2D eigenvalue weighted by Gasteiger charge is 2.46. The predicted octanol–water partition coefficient (Wildman–Crippen LogP) is 3.99. The largest absolute Gasteiger partial charge is 0.392 e. The molecule has 0 aromatic rings. The van der Waals surface area contributed by atoms with Gasteiger partial charge in [0.25, 0.3) is 0 Å². The van der Waals surface area contributed by atoms with Gasteiger partial charge in [0.1, 0.15) is 6.61 Å². The first-order chi connectivity index (χ1) is 14.0. The van der Waals surface area contributed by atoms with Gasteiger partial charge in [0.05, 0.1) is 6.10 Å². The third kappa shape index (κ3) is 7.21. The number of rotatable bonds is 13. The SMILES string of the molecule is CCCCCC(=O)C=C[C@@H]1[C@@H]2CC(CCOCC(=O)N(CC)CC)C[C@H]2C[C@H]1O. The van der Waals surface area contributed by atoms with Gasteiger partial charge in [0, 0.05) is 32.0 Å². The molecule has 0 saturated heterocycles. The number of carbonyl (C=O) groups is 2. The van der Waals surface area contributed by atoms with Crippen molar-refractivity contribution in [2.45, 2.75) is 78.2 Å². The molecular weight excluding hydrogens is 366 g/mol. The van der Waals surface area contributed by atoms with Crippen molar-refractivity contribution < 1.29 is 19.4 Å². The van der Waals surface area contributed by atoms with E-state index < -0.39 is 0 Å². The zero-order valence-electron chi connectivity index (χ0n) is 18.6. The van der Waals surface area contributed by atoms with Crippen LogP contribution >= 0.6 is 0 Å². The van der Waals surface area contributed by atoms with Crippen LogP contribution < -0.4 is 0 Å². The van der Waals surface area contributed by atoms with Gasteiger partial charge in [0.2, 0.25) is 5.91 Å². The number of hydrogen-bond acceptors (Lipinski definition) is 4. The van der Waals surface area contributed by atoms with Crippen LogP contribution in [0.1, 0.15) is 72.1 Å². The lowest BCUT2D eigenvalue weighted by atomic mass is 9.89. The fraction of sp³-hybridized carbons (Fsp3) is 0.833. The molecule has 1 unspecified atom stereocenters. The van der Waals surface area contributed by atoms with Crippen LogP contribution in [0.15, 0.2) is 12.2 Å². The summed E-state index contributed by atoms with van der Waals surface area (Å²) in [4.78, 5) is 25.8. The van der Waals surface area contributed by atoms with Crippen LogP contribution in [-0.2, 0) is 14.3 Å². The van der Waals surface area contributed by atoms with Crippen molar-refractivity contribution in [2.75, 3.05) is 26.3 Å². The van der Waals surface area contributed by atoms with Gasteiger partial charge in [-0.25, -0.2) is 0 Å². The van der Waals surface area contributed by atoms with E-state index >= 15 is 0 Å². The van der Waals surface area contributed by atoms with E-state index in [-0.39, 0.29) is 30.3 Å². The first-order valence-corrected chi connectivity index (χ1v) is 11.7. The fourth-order valence-electron chi connectivity index (χ4n) is 5.21. The highest BCUT2D eigenvalue weighted by Crippen LogP contribution is 2.51. The topological polar surface area (TPSA) is 66.8 Å². The molecule has 1 N–H and O–H groups in total. The average molecular weight is 408 g/mol. The Bertz CT molecular complexity index is 543. The molecule has 5 atom stereocenters. The Kier molecular flexibility index (Phi) is 10.4. The summed E-state index contributed by atoms with van der Waals surface area (Å²) in [7, 11) is 0. The number of aliphatic hydroxyl groups excluding tert-OH is 1. The summed E-state index contributed by atoms with van der Waals surface area (Å²) in [6.45, 7) is 8.35. The number of hydrogen-bond donors (Lipinski definition) is 1. The Hall–Kier alpha value is -1.20. The molecule has 2 aliphatic rings. The molecule has 0 bridgehead atoms. The minimum absolute atomic E-state index is 0.0650. The second-order valence-corrected chi connectivity index (χ2v) is 8.83. The molecular formula is C24H41NO4. The number of likely N-dealkylation sites (N-methyl/N-ethyl adjacent to an activating group) is 1. The minimum Gasteiger partial charge on any atom is -0.392 e. The Morgan fingerprint density at radius 2 is 1.86 bits per heavy atom. The molecule has 0 aliphatic heterocycles. The van der Waals surface area contributed by atoms with E-state index in [1.807, 2.05) is 19.9 Å². The number of amides is 1. The molecule has 0 radical (unpaired) electrons. The van der Waals surface area contributed by atoms with Crippen molar-refractivity contribution in [1.29, 1.82) is 0 Å². The van der Waals surface area contributed by atoms with E-state index in [0.717, 1.165) is 58.0 Å². The summed E-state index contributed by atoms with van der Waals surface area (Å²) >= 11 is 0. The predicted molar refractivity (Wildman–Crippen MR) is 115 cm³/mol. The molecule has 0 aromatic heterocycles. The van der Waals surface area contributed by atoms with Crippen LogP contribution in [0, 0.1) is 23.7 Å². The third-order valence-electron chi connectivity index (χ3n) is 6.87. The first-order valence-electron chi connectivity index (χ1n) is 11.7. The second-order valence-electron chi connectivity index (χ2n) is 8.83. The lowest BCUT2D eigenvalue weighted by Gasteiger charge is -2.20. The quantitative estimate of drug-likeness (QED) is 0.370. The van der Waals surface area contributed by atoms with Crippen LogP contribution in [0.4, 0.5) is 0 Å². The van der Waals surface area contributed by atoms with Gasteiger partial charge >= 0.3 is 0 Å². The fourth-order valence-corrected chi connectivity index (χ4v) is 5.21. The van der Waals surface area contributed by atoms with E-state index in [1.54, 1.807) is 11.0 Å². The summed E-state index contributed by atoms with van der Waals surface area (Å²) in [6.07, 6.45) is 11.2. The second kappa shape index (κ2) is 12.5. The molecule has 5 heteroatoms. The Morgan fingerprint density at radius 3 is 2.55 bits per heavy atom. The maximum absolute atomic E-state index is 12.0. The lowest BCUT2D eigenvalue weighted by Crippen LogP contribution is -2.33. The summed E-state index contributed by atoms with van der Waals surface area (Å²) in [5.41, 5.74) is 0. The van der Waals surface area contributed by atoms with Gasteiger partial charge in [-0.05, 0) is 69.8 Å². The molecule has 0 aromatic carbocycles. The molecule has 2 rings (SSSR count). The number of ketones is 1. The van der Waals surface area contributed by atoms with Crippen molar-refractivity contribution >= 4 is 11.7 Å². The highest BCUT2D eigenvalue weighted by atomic mass is 16.5. The van der Waals surface area contributed by atoms with Crippen LogP contribution in [0.25, 0.3) is 0 Å². The number of aliphatic hydroxyl groups is 1. The molecule has 0 heterocycles.